The zero-order valence-corrected chi connectivity index (χ0v) is 19.5. The summed E-state index contributed by atoms with van der Waals surface area (Å²) in [7, 11) is 0. The van der Waals surface area contributed by atoms with Gasteiger partial charge in [-0.15, -0.1) is 24.0 Å². The number of nitrogens with one attached hydrogen (secondary N) is 2. The molecule has 1 aliphatic carbocycles. The summed E-state index contributed by atoms with van der Waals surface area (Å²) in [4.78, 5) is 7.37. The second-order valence-electron chi connectivity index (χ2n) is 8.09. The monoisotopic (exact) mass is 500 g/mol. The van der Waals surface area contributed by atoms with Crippen LogP contribution in [0.25, 0.3) is 0 Å². The number of likely N-dealkylation sites (tertiary alicyclic amines) is 1. The van der Waals surface area contributed by atoms with E-state index in [1.807, 2.05) is 12.1 Å². The predicted octanol–water partition coefficient (Wildman–Crippen LogP) is 4.11. The number of rotatable bonds is 6. The molecule has 2 fully saturated rings. The molecule has 1 aromatic carbocycles. The molecule has 1 aliphatic heterocycles. The number of phenols is 1. The number of hydrogen-bond donors (Lipinski definition) is 3. The highest BCUT2D eigenvalue weighted by Crippen LogP contribution is 2.25. The smallest absolute Gasteiger partial charge is 0.191 e. The van der Waals surface area contributed by atoms with Crippen molar-refractivity contribution in [1.82, 2.24) is 15.5 Å². The van der Waals surface area contributed by atoms with E-state index < -0.39 is 0 Å². The zero-order chi connectivity index (χ0) is 18.9. The first kappa shape index (κ1) is 23.3. The van der Waals surface area contributed by atoms with Gasteiger partial charge in [0.1, 0.15) is 5.75 Å². The van der Waals surface area contributed by atoms with Crippen molar-refractivity contribution in [1.29, 1.82) is 0 Å². The molecule has 0 radical (unpaired) electrons. The molecule has 0 amide bonds. The molecule has 1 saturated heterocycles. The fraction of sp³-hybridized carbons (Fsp3) is 0.682. The topological polar surface area (TPSA) is 59.9 Å². The van der Waals surface area contributed by atoms with Gasteiger partial charge in [-0.3, -0.25) is 0 Å². The van der Waals surface area contributed by atoms with Crippen LogP contribution in [0.4, 0.5) is 0 Å². The van der Waals surface area contributed by atoms with E-state index in [1.54, 1.807) is 12.1 Å². The lowest BCUT2D eigenvalue weighted by Crippen LogP contribution is -2.49. The van der Waals surface area contributed by atoms with Gasteiger partial charge in [0.25, 0.3) is 0 Å². The Labute approximate surface area is 187 Å². The predicted molar refractivity (Wildman–Crippen MR) is 128 cm³/mol. The Kier molecular flexibility index (Phi) is 10.4. The van der Waals surface area contributed by atoms with E-state index in [0.717, 1.165) is 24.0 Å². The molecule has 2 aliphatic rings. The van der Waals surface area contributed by atoms with Gasteiger partial charge in [0.05, 0.1) is 6.54 Å². The molecule has 1 saturated carbocycles. The van der Waals surface area contributed by atoms with Gasteiger partial charge in [-0.05, 0) is 56.2 Å². The van der Waals surface area contributed by atoms with Gasteiger partial charge in [0.2, 0.25) is 0 Å². The minimum atomic E-state index is 0. The Morgan fingerprint density at radius 3 is 2.57 bits per heavy atom. The summed E-state index contributed by atoms with van der Waals surface area (Å²) >= 11 is 0. The van der Waals surface area contributed by atoms with Gasteiger partial charge < -0.3 is 20.6 Å². The van der Waals surface area contributed by atoms with Crippen molar-refractivity contribution in [2.75, 3.05) is 26.2 Å². The third-order valence-electron chi connectivity index (χ3n) is 5.84. The molecule has 1 aromatic rings. The fourth-order valence-corrected chi connectivity index (χ4v) is 4.33. The van der Waals surface area contributed by atoms with Gasteiger partial charge in [0, 0.05) is 32.2 Å². The lowest BCUT2D eigenvalue weighted by atomic mass is 9.88. The average molecular weight is 500 g/mol. The fourth-order valence-electron chi connectivity index (χ4n) is 4.33. The minimum absolute atomic E-state index is 0. The molecule has 3 N–H and O–H groups in total. The van der Waals surface area contributed by atoms with E-state index in [0.29, 0.717) is 18.3 Å². The number of nitrogens with zero attached hydrogens (tertiary/aromatic N) is 2. The molecule has 158 valence electrons. The number of aromatic hydroxyl groups is 1. The first-order chi connectivity index (χ1) is 13.2. The Hall–Kier alpha value is -1.02. The maximum Gasteiger partial charge on any atom is 0.191 e. The molecular formula is C22H37IN4O. The van der Waals surface area contributed by atoms with Crippen LogP contribution in [0.2, 0.25) is 0 Å². The normalized spacial score (nSPS) is 19.8. The van der Waals surface area contributed by atoms with Gasteiger partial charge in [-0.25, -0.2) is 4.99 Å². The molecule has 6 heteroatoms. The quantitative estimate of drug-likeness (QED) is 0.313. The summed E-state index contributed by atoms with van der Waals surface area (Å²) < 4.78 is 0. The van der Waals surface area contributed by atoms with Crippen LogP contribution in [0.3, 0.4) is 0 Å². The maximum atomic E-state index is 9.60. The highest BCUT2D eigenvalue weighted by atomic mass is 127. The lowest BCUT2D eigenvalue weighted by molar-refractivity contribution is 0.160. The van der Waals surface area contributed by atoms with E-state index in [1.165, 1.54) is 64.6 Å². The van der Waals surface area contributed by atoms with Crippen LogP contribution in [-0.4, -0.2) is 48.2 Å². The lowest BCUT2D eigenvalue weighted by Gasteiger charge is -2.36. The number of guanidine groups is 1. The molecule has 5 nitrogen and oxygen atoms in total. The molecule has 0 aromatic heterocycles. The highest BCUT2D eigenvalue weighted by molar-refractivity contribution is 14.0. The van der Waals surface area contributed by atoms with Gasteiger partial charge in [-0.1, -0.05) is 31.4 Å². The largest absolute Gasteiger partial charge is 0.508 e. The summed E-state index contributed by atoms with van der Waals surface area (Å²) in [5, 5.41) is 16.6. The molecule has 28 heavy (non-hydrogen) atoms. The van der Waals surface area contributed by atoms with Gasteiger partial charge >= 0.3 is 0 Å². The number of piperidine rings is 1. The second-order valence-corrected chi connectivity index (χ2v) is 8.09. The van der Waals surface area contributed by atoms with Crippen molar-refractivity contribution in [3.05, 3.63) is 29.8 Å². The van der Waals surface area contributed by atoms with Crippen LogP contribution >= 0.6 is 24.0 Å². The maximum absolute atomic E-state index is 9.60. The van der Waals surface area contributed by atoms with Crippen LogP contribution in [0.5, 0.6) is 5.75 Å². The van der Waals surface area contributed by atoms with Crippen LogP contribution in [0, 0.1) is 5.92 Å². The summed E-state index contributed by atoms with van der Waals surface area (Å²) in [5.74, 6) is 2.11. The molecule has 3 rings (SSSR count). The number of aliphatic imine (C=N–C) groups is 1. The first-order valence-corrected chi connectivity index (χ1v) is 10.8. The Morgan fingerprint density at radius 2 is 1.89 bits per heavy atom. The van der Waals surface area contributed by atoms with E-state index in [2.05, 4.69) is 22.5 Å². The van der Waals surface area contributed by atoms with E-state index >= 15 is 0 Å². The summed E-state index contributed by atoms with van der Waals surface area (Å²) in [5.41, 5.74) is 1.02. The molecule has 1 heterocycles. The van der Waals surface area contributed by atoms with E-state index in [4.69, 9.17) is 4.99 Å². The standard InChI is InChI=1S/C22H36N4O.HI/c1-2-23-22(24-16-19-9-6-10-21(27)15-19)25-20-11-13-26(14-12-20)17-18-7-4-3-5-8-18;/h6,9-10,15,18,20,27H,2-5,7-8,11-14,16-17H2,1H3,(H2,23,24,25);1H. The summed E-state index contributed by atoms with van der Waals surface area (Å²) in [6.45, 7) is 7.22. The number of hydrogen-bond acceptors (Lipinski definition) is 3. The van der Waals surface area contributed by atoms with Crippen molar-refractivity contribution in [3.63, 3.8) is 0 Å². The number of phenolic OH excluding ortho intramolecular Hbond substituents is 1. The second kappa shape index (κ2) is 12.5. The molecule has 0 unspecified atom stereocenters. The van der Waals surface area contributed by atoms with Gasteiger partial charge in [0.15, 0.2) is 5.96 Å². The van der Waals surface area contributed by atoms with Crippen molar-refractivity contribution < 1.29 is 5.11 Å². The third kappa shape index (κ3) is 7.78. The van der Waals surface area contributed by atoms with Crippen molar-refractivity contribution in [2.45, 2.75) is 64.5 Å². The average Bonchev–Trinajstić information content (AvgIpc) is 2.69. The minimum Gasteiger partial charge on any atom is -0.508 e. The Balaban J connectivity index is 0.00000280. The molecular weight excluding hydrogens is 463 g/mol. The molecule has 0 bridgehead atoms. The third-order valence-corrected chi connectivity index (χ3v) is 5.84. The SMILES string of the molecule is CCNC(=NCc1cccc(O)c1)NC1CCN(CC2CCCCC2)CC1.I. The van der Waals surface area contributed by atoms with Gasteiger partial charge in [-0.2, -0.15) is 0 Å². The van der Waals surface area contributed by atoms with Crippen molar-refractivity contribution >= 4 is 29.9 Å². The van der Waals surface area contributed by atoms with Crippen LogP contribution in [0.15, 0.2) is 29.3 Å². The number of halogens is 1. The van der Waals surface area contributed by atoms with Crippen molar-refractivity contribution in [2.24, 2.45) is 10.9 Å². The zero-order valence-electron chi connectivity index (χ0n) is 17.2. The Bertz CT molecular complexity index is 596. The number of benzene rings is 1. The molecule has 0 spiro atoms. The van der Waals surface area contributed by atoms with Crippen LogP contribution < -0.4 is 10.6 Å². The van der Waals surface area contributed by atoms with E-state index in [-0.39, 0.29) is 24.0 Å². The van der Waals surface area contributed by atoms with Crippen molar-refractivity contribution in [3.8, 4) is 5.75 Å². The van der Waals surface area contributed by atoms with Crippen LogP contribution in [0.1, 0.15) is 57.4 Å². The van der Waals surface area contributed by atoms with E-state index in [9.17, 15) is 5.11 Å². The highest BCUT2D eigenvalue weighted by Gasteiger charge is 2.23. The first-order valence-electron chi connectivity index (χ1n) is 10.8. The Morgan fingerprint density at radius 1 is 1.14 bits per heavy atom. The summed E-state index contributed by atoms with van der Waals surface area (Å²) in [6.07, 6.45) is 9.55. The van der Waals surface area contributed by atoms with Crippen LogP contribution in [-0.2, 0) is 6.54 Å². The summed E-state index contributed by atoms with van der Waals surface area (Å²) in [6, 6.07) is 7.82. The molecule has 0 atom stereocenters.